The fourth-order valence-corrected chi connectivity index (χ4v) is 1.37. The molecule has 0 radical (unpaired) electrons. The molecular formula is C12H13N3O2. The Morgan fingerprint density at radius 2 is 2.12 bits per heavy atom. The molecule has 1 aromatic heterocycles. The molecule has 1 aromatic carbocycles. The number of benzene rings is 1. The van der Waals surface area contributed by atoms with E-state index in [9.17, 15) is 0 Å². The molecule has 0 aliphatic heterocycles. The van der Waals surface area contributed by atoms with Gasteiger partial charge in [0.25, 0.3) is 0 Å². The third-order valence-electron chi connectivity index (χ3n) is 2.19. The molecule has 2 rings (SSSR count). The minimum Gasteiger partial charge on any atom is -0.493 e. The fourth-order valence-electron chi connectivity index (χ4n) is 1.37. The van der Waals surface area contributed by atoms with Gasteiger partial charge in [-0.15, -0.1) is 0 Å². The van der Waals surface area contributed by atoms with E-state index in [0.717, 1.165) is 5.69 Å². The van der Waals surface area contributed by atoms with Crippen molar-refractivity contribution in [2.45, 2.75) is 6.61 Å². The molecule has 0 amide bonds. The third-order valence-corrected chi connectivity index (χ3v) is 2.19. The van der Waals surface area contributed by atoms with E-state index in [1.165, 1.54) is 0 Å². The van der Waals surface area contributed by atoms with Gasteiger partial charge < -0.3 is 15.2 Å². The van der Waals surface area contributed by atoms with E-state index >= 15 is 0 Å². The van der Waals surface area contributed by atoms with Gasteiger partial charge in [-0.25, -0.2) is 0 Å². The first-order chi connectivity index (χ1) is 8.29. The molecule has 0 bridgehead atoms. The lowest BCUT2D eigenvalue weighted by Gasteiger charge is -2.10. The minimum absolute atomic E-state index is 0.341. The van der Waals surface area contributed by atoms with E-state index < -0.39 is 0 Å². The van der Waals surface area contributed by atoms with Gasteiger partial charge in [-0.1, -0.05) is 0 Å². The Kier molecular flexibility index (Phi) is 3.40. The second-order valence-electron chi connectivity index (χ2n) is 3.41. The van der Waals surface area contributed by atoms with Crippen molar-refractivity contribution in [3.63, 3.8) is 0 Å². The molecule has 0 aliphatic carbocycles. The number of nitrogen functional groups attached to an aromatic ring is 1. The minimum atomic E-state index is 0.341. The number of ether oxygens (including phenoxy) is 2. The maximum Gasteiger partial charge on any atom is 0.162 e. The SMILES string of the molecule is COc1cc(N)ccc1OCc1cccnn1. The van der Waals surface area contributed by atoms with Crippen LogP contribution in [0.25, 0.3) is 0 Å². The highest BCUT2D eigenvalue weighted by Gasteiger charge is 2.05. The molecule has 5 nitrogen and oxygen atoms in total. The van der Waals surface area contributed by atoms with E-state index in [2.05, 4.69) is 10.2 Å². The highest BCUT2D eigenvalue weighted by atomic mass is 16.5. The van der Waals surface area contributed by atoms with E-state index in [-0.39, 0.29) is 0 Å². The van der Waals surface area contributed by atoms with Crippen molar-refractivity contribution < 1.29 is 9.47 Å². The molecule has 0 aliphatic rings. The molecule has 1 heterocycles. The Hall–Kier alpha value is -2.30. The fraction of sp³-hybridized carbons (Fsp3) is 0.167. The maximum absolute atomic E-state index is 5.65. The first-order valence-corrected chi connectivity index (χ1v) is 5.12. The lowest BCUT2D eigenvalue weighted by Crippen LogP contribution is -2.00. The van der Waals surface area contributed by atoms with Crippen LogP contribution in [0.5, 0.6) is 11.5 Å². The summed E-state index contributed by atoms with van der Waals surface area (Å²) in [5, 5.41) is 7.70. The van der Waals surface area contributed by atoms with E-state index in [0.29, 0.717) is 23.8 Å². The van der Waals surface area contributed by atoms with Crippen molar-refractivity contribution in [3.05, 3.63) is 42.2 Å². The molecule has 0 fully saturated rings. The van der Waals surface area contributed by atoms with Gasteiger partial charge in [0, 0.05) is 18.0 Å². The quantitative estimate of drug-likeness (QED) is 0.810. The molecule has 17 heavy (non-hydrogen) atoms. The van der Waals surface area contributed by atoms with Crippen molar-refractivity contribution in [2.75, 3.05) is 12.8 Å². The van der Waals surface area contributed by atoms with E-state index in [1.807, 2.05) is 12.1 Å². The van der Waals surface area contributed by atoms with Gasteiger partial charge in [0.2, 0.25) is 0 Å². The normalized spacial score (nSPS) is 9.94. The molecule has 0 atom stereocenters. The molecule has 2 aromatic rings. The second kappa shape index (κ2) is 5.16. The summed E-state index contributed by atoms with van der Waals surface area (Å²) < 4.78 is 10.8. The predicted octanol–water partition coefficient (Wildman–Crippen LogP) is 1.65. The van der Waals surface area contributed by atoms with Gasteiger partial charge >= 0.3 is 0 Å². The summed E-state index contributed by atoms with van der Waals surface area (Å²) in [6.45, 7) is 0.341. The molecule has 5 heteroatoms. The molecule has 2 N–H and O–H groups in total. The van der Waals surface area contributed by atoms with Crippen molar-refractivity contribution >= 4 is 5.69 Å². The van der Waals surface area contributed by atoms with Gasteiger partial charge in [-0.05, 0) is 24.3 Å². The van der Waals surface area contributed by atoms with Crippen LogP contribution in [0.2, 0.25) is 0 Å². The smallest absolute Gasteiger partial charge is 0.162 e. The Morgan fingerprint density at radius 1 is 1.24 bits per heavy atom. The molecule has 0 spiro atoms. The molecule has 0 unspecified atom stereocenters. The lowest BCUT2D eigenvalue weighted by molar-refractivity contribution is 0.279. The van der Waals surface area contributed by atoms with Crippen LogP contribution >= 0.6 is 0 Å². The summed E-state index contributed by atoms with van der Waals surface area (Å²) >= 11 is 0. The average Bonchev–Trinajstić information content (AvgIpc) is 2.38. The Balaban J connectivity index is 2.09. The molecule has 0 saturated heterocycles. The first kappa shape index (κ1) is 11.2. The van der Waals surface area contributed by atoms with Crippen molar-refractivity contribution in [1.82, 2.24) is 10.2 Å². The molecule has 88 valence electrons. The van der Waals surface area contributed by atoms with Gasteiger partial charge in [0.15, 0.2) is 11.5 Å². The summed E-state index contributed by atoms with van der Waals surface area (Å²) in [6, 6.07) is 8.90. The Labute approximate surface area is 99.2 Å². The van der Waals surface area contributed by atoms with Crippen LogP contribution < -0.4 is 15.2 Å². The van der Waals surface area contributed by atoms with Crippen LogP contribution in [0.4, 0.5) is 5.69 Å². The van der Waals surface area contributed by atoms with Crippen LogP contribution in [0.1, 0.15) is 5.69 Å². The van der Waals surface area contributed by atoms with Crippen LogP contribution in [0.3, 0.4) is 0 Å². The summed E-state index contributed by atoms with van der Waals surface area (Å²) in [5.41, 5.74) is 7.04. The second-order valence-corrected chi connectivity index (χ2v) is 3.41. The van der Waals surface area contributed by atoms with Gasteiger partial charge in [-0.3, -0.25) is 0 Å². The standard InChI is InChI=1S/C12H13N3O2/c1-16-12-7-9(13)4-5-11(12)17-8-10-3-2-6-14-15-10/h2-7H,8,13H2,1H3. The zero-order valence-electron chi connectivity index (χ0n) is 9.46. The number of nitrogens with two attached hydrogens (primary N) is 1. The average molecular weight is 231 g/mol. The van der Waals surface area contributed by atoms with Crippen molar-refractivity contribution in [2.24, 2.45) is 0 Å². The van der Waals surface area contributed by atoms with Gasteiger partial charge in [-0.2, -0.15) is 10.2 Å². The molecular weight excluding hydrogens is 218 g/mol. The van der Waals surface area contributed by atoms with Crippen LogP contribution in [-0.2, 0) is 6.61 Å². The largest absolute Gasteiger partial charge is 0.493 e. The van der Waals surface area contributed by atoms with Gasteiger partial charge in [0.05, 0.1) is 7.11 Å². The van der Waals surface area contributed by atoms with Crippen LogP contribution in [0, 0.1) is 0 Å². The number of nitrogens with zero attached hydrogens (tertiary/aromatic N) is 2. The number of rotatable bonds is 4. The Morgan fingerprint density at radius 3 is 2.82 bits per heavy atom. The maximum atomic E-state index is 5.65. The summed E-state index contributed by atoms with van der Waals surface area (Å²) in [6.07, 6.45) is 1.62. The number of methoxy groups -OCH3 is 1. The topological polar surface area (TPSA) is 70.3 Å². The first-order valence-electron chi connectivity index (χ1n) is 5.12. The highest BCUT2D eigenvalue weighted by molar-refractivity contribution is 5.51. The van der Waals surface area contributed by atoms with Crippen molar-refractivity contribution in [3.8, 4) is 11.5 Å². The van der Waals surface area contributed by atoms with Crippen LogP contribution in [0.15, 0.2) is 36.5 Å². The zero-order valence-corrected chi connectivity index (χ0v) is 9.46. The van der Waals surface area contributed by atoms with Crippen LogP contribution in [-0.4, -0.2) is 17.3 Å². The predicted molar refractivity (Wildman–Crippen MR) is 63.8 cm³/mol. The zero-order chi connectivity index (χ0) is 12.1. The summed E-state index contributed by atoms with van der Waals surface area (Å²) in [4.78, 5) is 0. The number of anilines is 1. The summed E-state index contributed by atoms with van der Waals surface area (Å²) in [5.74, 6) is 1.24. The van der Waals surface area contributed by atoms with Crippen molar-refractivity contribution in [1.29, 1.82) is 0 Å². The third kappa shape index (κ3) is 2.84. The van der Waals surface area contributed by atoms with E-state index in [4.69, 9.17) is 15.2 Å². The van der Waals surface area contributed by atoms with Gasteiger partial charge in [0.1, 0.15) is 12.3 Å². The number of aromatic nitrogens is 2. The number of hydrogen-bond donors (Lipinski definition) is 1. The Bertz CT molecular complexity index is 488. The highest BCUT2D eigenvalue weighted by Crippen LogP contribution is 2.29. The van der Waals surface area contributed by atoms with E-state index in [1.54, 1.807) is 31.5 Å². The lowest BCUT2D eigenvalue weighted by atomic mass is 10.3. The number of hydrogen-bond acceptors (Lipinski definition) is 5. The molecule has 0 saturated carbocycles. The summed E-state index contributed by atoms with van der Waals surface area (Å²) in [7, 11) is 1.57. The monoisotopic (exact) mass is 231 g/mol.